The van der Waals surface area contributed by atoms with Crippen LogP contribution in [0, 0.1) is 0 Å². The van der Waals surface area contributed by atoms with Crippen molar-refractivity contribution in [3.63, 3.8) is 0 Å². The van der Waals surface area contributed by atoms with Crippen LogP contribution in [0.5, 0.6) is 0 Å². The molecule has 4 rings (SSSR count). The van der Waals surface area contributed by atoms with E-state index in [9.17, 15) is 13.2 Å². The van der Waals surface area contributed by atoms with Gasteiger partial charge >= 0.3 is 0 Å². The predicted octanol–water partition coefficient (Wildman–Crippen LogP) is 6.00. The summed E-state index contributed by atoms with van der Waals surface area (Å²) < 4.78 is 26.9. The van der Waals surface area contributed by atoms with E-state index >= 15 is 0 Å². The Morgan fingerprint density at radius 2 is 1.53 bits per heavy atom. The summed E-state index contributed by atoms with van der Waals surface area (Å²) >= 11 is 0. The van der Waals surface area contributed by atoms with Crippen molar-refractivity contribution in [2.75, 3.05) is 34.2 Å². The lowest BCUT2D eigenvalue weighted by atomic mass is 9.99. The molecule has 1 aliphatic rings. The summed E-state index contributed by atoms with van der Waals surface area (Å²) in [5.41, 5.74) is 5.77. The van der Waals surface area contributed by atoms with Crippen molar-refractivity contribution in [1.82, 2.24) is 4.90 Å². The van der Waals surface area contributed by atoms with Crippen LogP contribution >= 0.6 is 0 Å². The first-order valence-corrected chi connectivity index (χ1v) is 14.8. The topological polar surface area (TPSA) is 90.5 Å². The third kappa shape index (κ3) is 6.62. The summed E-state index contributed by atoms with van der Waals surface area (Å²) in [5, 5.41) is 6.41. The van der Waals surface area contributed by atoms with Crippen molar-refractivity contribution in [1.29, 1.82) is 0 Å². The zero-order valence-electron chi connectivity index (χ0n) is 22.3. The lowest BCUT2D eigenvalue weighted by molar-refractivity contribution is -0.110. The molecule has 0 fully saturated rings. The van der Waals surface area contributed by atoms with Crippen LogP contribution in [0.3, 0.4) is 0 Å². The Morgan fingerprint density at radius 3 is 2.16 bits per heavy atom. The van der Waals surface area contributed by atoms with Gasteiger partial charge in [-0.05, 0) is 74.3 Å². The number of amides is 1. The van der Waals surface area contributed by atoms with Gasteiger partial charge in [0.1, 0.15) is 0 Å². The monoisotopic (exact) mass is 532 g/mol. The summed E-state index contributed by atoms with van der Waals surface area (Å²) in [6.45, 7) is 9.04. The molecule has 0 radical (unpaired) electrons. The summed E-state index contributed by atoms with van der Waals surface area (Å²) in [5.74, 6) is -0.279. The lowest BCUT2D eigenvalue weighted by Crippen LogP contribution is -2.24. The first-order chi connectivity index (χ1) is 18.3. The van der Waals surface area contributed by atoms with E-state index in [-0.39, 0.29) is 11.7 Å². The molecule has 1 amide bonds. The number of sulfonamides is 1. The van der Waals surface area contributed by atoms with Crippen LogP contribution in [-0.4, -0.2) is 38.1 Å². The first kappa shape index (κ1) is 27.4. The molecule has 1 aliphatic heterocycles. The van der Waals surface area contributed by atoms with Crippen LogP contribution in [0.25, 0.3) is 11.3 Å². The number of anilines is 3. The van der Waals surface area contributed by atoms with E-state index in [1.165, 1.54) is 5.56 Å². The van der Waals surface area contributed by atoms with Gasteiger partial charge in [0.25, 0.3) is 5.91 Å². The molecule has 0 saturated carbocycles. The molecule has 200 valence electrons. The summed E-state index contributed by atoms with van der Waals surface area (Å²) in [6, 6.07) is 23.1. The fourth-order valence-corrected chi connectivity index (χ4v) is 5.24. The maximum absolute atomic E-state index is 13.2. The van der Waals surface area contributed by atoms with Crippen LogP contribution in [0.15, 0.2) is 72.8 Å². The molecular weight excluding hydrogens is 496 g/mol. The minimum atomic E-state index is -3.45. The van der Waals surface area contributed by atoms with E-state index in [1.54, 1.807) is 25.1 Å². The van der Waals surface area contributed by atoms with Crippen LogP contribution in [-0.2, 0) is 21.4 Å². The van der Waals surface area contributed by atoms with Gasteiger partial charge in [-0.25, -0.2) is 8.42 Å². The van der Waals surface area contributed by atoms with Gasteiger partial charge in [-0.15, -0.1) is 0 Å². The van der Waals surface area contributed by atoms with Crippen molar-refractivity contribution >= 4 is 44.3 Å². The molecule has 0 atom stereocenters. The first-order valence-electron chi connectivity index (χ1n) is 13.2. The zero-order valence-corrected chi connectivity index (χ0v) is 23.1. The number of nitrogens with zero attached hydrogens (tertiary/aromatic N) is 1. The average molecular weight is 533 g/mol. The number of carbonyl (C=O) groups is 1. The van der Waals surface area contributed by atoms with Crippen molar-refractivity contribution < 1.29 is 13.2 Å². The fourth-order valence-electron chi connectivity index (χ4n) is 4.61. The fraction of sp³-hybridized carbons (Fsp3) is 0.300. The average Bonchev–Trinajstić information content (AvgIpc) is 3.23. The van der Waals surface area contributed by atoms with E-state index < -0.39 is 10.0 Å². The number of benzene rings is 3. The van der Waals surface area contributed by atoms with Crippen molar-refractivity contribution in [2.24, 2.45) is 0 Å². The molecule has 38 heavy (non-hydrogen) atoms. The highest BCUT2D eigenvalue weighted by molar-refractivity contribution is 7.92. The number of hydrogen-bond acceptors (Lipinski definition) is 5. The molecule has 8 heteroatoms. The van der Waals surface area contributed by atoms with Crippen molar-refractivity contribution in [2.45, 2.75) is 40.2 Å². The smallest absolute Gasteiger partial charge is 0.258 e. The second kappa shape index (κ2) is 12.3. The number of carbonyl (C=O) groups excluding carboxylic acids is 1. The number of fused-ring (bicyclic) bond motifs is 1. The van der Waals surface area contributed by atoms with E-state index in [0.29, 0.717) is 28.2 Å². The van der Waals surface area contributed by atoms with E-state index in [1.807, 2.05) is 42.5 Å². The molecule has 1 heterocycles. The Balaban J connectivity index is 1.70. The summed E-state index contributed by atoms with van der Waals surface area (Å²) in [4.78, 5) is 15.7. The second-order valence-electron chi connectivity index (χ2n) is 9.43. The van der Waals surface area contributed by atoms with Gasteiger partial charge < -0.3 is 10.6 Å². The van der Waals surface area contributed by atoms with Gasteiger partial charge in [-0.3, -0.25) is 14.4 Å². The van der Waals surface area contributed by atoms with E-state index in [0.717, 1.165) is 43.7 Å². The highest BCUT2D eigenvalue weighted by Gasteiger charge is 2.29. The minimum absolute atomic E-state index is 0.0363. The van der Waals surface area contributed by atoms with Crippen LogP contribution in [0.2, 0.25) is 0 Å². The van der Waals surface area contributed by atoms with Crippen LogP contribution < -0.4 is 15.4 Å². The second-order valence-corrected chi connectivity index (χ2v) is 11.4. The quantitative estimate of drug-likeness (QED) is 0.249. The molecule has 3 aromatic carbocycles. The third-order valence-electron chi connectivity index (χ3n) is 6.44. The molecule has 0 aliphatic carbocycles. The van der Waals surface area contributed by atoms with Gasteiger partial charge in [0.05, 0.1) is 17.0 Å². The van der Waals surface area contributed by atoms with Gasteiger partial charge in [0, 0.05) is 29.2 Å². The predicted molar refractivity (Wildman–Crippen MR) is 157 cm³/mol. The summed E-state index contributed by atoms with van der Waals surface area (Å²) in [7, 11) is -3.45. The number of rotatable bonds is 12. The highest BCUT2D eigenvalue weighted by Crippen LogP contribution is 2.39. The van der Waals surface area contributed by atoms with E-state index in [2.05, 4.69) is 46.2 Å². The Labute approximate surface area is 226 Å². The lowest BCUT2D eigenvalue weighted by Gasteiger charge is -2.21. The number of nitrogens with one attached hydrogen (secondary N) is 3. The molecule has 3 N–H and O–H groups in total. The molecule has 7 nitrogen and oxygen atoms in total. The normalized spacial score (nSPS) is 14.3. The number of hydrogen-bond donors (Lipinski definition) is 3. The molecule has 0 spiro atoms. The zero-order chi connectivity index (χ0) is 27.1. The Kier molecular flexibility index (Phi) is 8.86. The van der Waals surface area contributed by atoms with Gasteiger partial charge in [0.15, 0.2) is 0 Å². The highest BCUT2D eigenvalue weighted by atomic mass is 32.2. The third-order valence-corrected chi connectivity index (χ3v) is 7.75. The van der Waals surface area contributed by atoms with Crippen molar-refractivity contribution in [3.8, 4) is 0 Å². The van der Waals surface area contributed by atoms with Crippen LogP contribution in [0.4, 0.5) is 17.1 Å². The van der Waals surface area contributed by atoms with Gasteiger partial charge in [-0.1, -0.05) is 56.3 Å². The summed E-state index contributed by atoms with van der Waals surface area (Å²) in [6.07, 6.45) is 2.25. The maximum Gasteiger partial charge on any atom is 0.258 e. The van der Waals surface area contributed by atoms with E-state index in [4.69, 9.17) is 0 Å². The standard InChI is InChI=1S/C30H36N4O3S/c1-4-18-34(19-5-2)21-22-12-14-24(15-13-22)31-29(23-10-8-7-9-11-23)28-26-20-25(33-38(36,37)6-3)16-17-27(26)32-30(28)35/h7-17,20,31,33H,4-6,18-19,21H2,1-3H3,(H,32,35)/b29-28-. The van der Waals surface area contributed by atoms with Gasteiger partial charge in [0.2, 0.25) is 10.0 Å². The Bertz CT molecular complexity index is 1400. The molecule has 3 aromatic rings. The van der Waals surface area contributed by atoms with Crippen LogP contribution in [0.1, 0.15) is 50.3 Å². The largest absolute Gasteiger partial charge is 0.354 e. The molecular formula is C30H36N4O3S. The molecule has 0 saturated heterocycles. The van der Waals surface area contributed by atoms with Gasteiger partial charge in [-0.2, -0.15) is 0 Å². The molecule has 0 bridgehead atoms. The Morgan fingerprint density at radius 1 is 0.868 bits per heavy atom. The van der Waals surface area contributed by atoms with Crippen molar-refractivity contribution in [3.05, 3.63) is 89.5 Å². The SMILES string of the molecule is CCCN(CCC)Cc1ccc(N/C(=C2\C(=O)Nc3ccc(NS(=O)(=O)CC)cc32)c2ccccc2)cc1. The molecule has 0 unspecified atom stereocenters. The maximum atomic E-state index is 13.2. The Hall–Kier alpha value is -3.62. The molecule has 0 aromatic heterocycles. The minimum Gasteiger partial charge on any atom is -0.354 e.